The van der Waals surface area contributed by atoms with Crippen molar-refractivity contribution in [2.45, 2.75) is 33.7 Å². The van der Waals surface area contributed by atoms with Crippen molar-refractivity contribution in [3.8, 4) is 0 Å². The highest BCUT2D eigenvalue weighted by Gasteiger charge is 2.25. The van der Waals surface area contributed by atoms with E-state index in [4.69, 9.17) is 4.74 Å². The van der Waals surface area contributed by atoms with Crippen LogP contribution in [0.3, 0.4) is 0 Å². The molecule has 0 aliphatic carbocycles. The van der Waals surface area contributed by atoms with Gasteiger partial charge in [-0.05, 0) is 25.0 Å². The van der Waals surface area contributed by atoms with Crippen LogP contribution in [0.1, 0.15) is 26.3 Å². The summed E-state index contributed by atoms with van der Waals surface area (Å²) in [4.78, 5) is 34.7. The van der Waals surface area contributed by atoms with Crippen molar-refractivity contribution in [2.75, 3.05) is 11.9 Å². The molecule has 1 unspecified atom stereocenters. The maximum Gasteiger partial charge on any atom is 0.329 e. The molecular weight excluding hydrogens is 284 g/mol. The van der Waals surface area contributed by atoms with Gasteiger partial charge in [0.2, 0.25) is 5.91 Å². The summed E-state index contributed by atoms with van der Waals surface area (Å²) in [6, 6.07) is 6.51. The minimum Gasteiger partial charge on any atom is -0.454 e. The molecule has 1 rings (SSSR count). The van der Waals surface area contributed by atoms with E-state index in [1.807, 2.05) is 19.1 Å². The van der Waals surface area contributed by atoms with Gasteiger partial charge >= 0.3 is 5.97 Å². The molecule has 0 aromatic heterocycles. The highest BCUT2D eigenvalue weighted by atomic mass is 16.5. The molecule has 0 saturated carbocycles. The van der Waals surface area contributed by atoms with E-state index in [2.05, 4.69) is 10.6 Å². The first kappa shape index (κ1) is 17.7. The van der Waals surface area contributed by atoms with E-state index in [1.165, 1.54) is 6.92 Å². The fraction of sp³-hybridized carbons (Fsp3) is 0.438. The number of benzene rings is 1. The maximum absolute atomic E-state index is 11.9. The molecule has 22 heavy (non-hydrogen) atoms. The van der Waals surface area contributed by atoms with Crippen LogP contribution in [0, 0.1) is 12.8 Å². The number of amides is 2. The third-order valence-corrected chi connectivity index (χ3v) is 2.96. The standard InChI is InChI=1S/C16H22N2O4/c1-10(2)15(17-12(4)19)16(21)22-9-14(20)18-13-7-5-11(3)6-8-13/h5-8,10,15H,9H2,1-4H3,(H,17,19)(H,18,20). The van der Waals surface area contributed by atoms with Gasteiger partial charge in [-0.3, -0.25) is 9.59 Å². The maximum atomic E-state index is 11.9. The Labute approximate surface area is 130 Å². The average Bonchev–Trinajstić information content (AvgIpc) is 2.44. The lowest BCUT2D eigenvalue weighted by Gasteiger charge is -2.19. The Bertz CT molecular complexity index is 538. The van der Waals surface area contributed by atoms with Gasteiger partial charge in [0.25, 0.3) is 5.91 Å². The van der Waals surface area contributed by atoms with Crippen LogP contribution in [0.15, 0.2) is 24.3 Å². The number of esters is 1. The molecule has 2 N–H and O–H groups in total. The zero-order valence-electron chi connectivity index (χ0n) is 13.3. The van der Waals surface area contributed by atoms with Gasteiger partial charge in [0.1, 0.15) is 6.04 Å². The summed E-state index contributed by atoms with van der Waals surface area (Å²) in [5.74, 6) is -1.50. The summed E-state index contributed by atoms with van der Waals surface area (Å²) in [6.07, 6.45) is 0. The molecule has 0 bridgehead atoms. The molecule has 0 aliphatic rings. The topological polar surface area (TPSA) is 84.5 Å². The van der Waals surface area contributed by atoms with Crippen LogP contribution in [-0.4, -0.2) is 30.4 Å². The van der Waals surface area contributed by atoms with Crippen molar-refractivity contribution in [1.82, 2.24) is 5.32 Å². The van der Waals surface area contributed by atoms with Crippen molar-refractivity contribution in [2.24, 2.45) is 5.92 Å². The van der Waals surface area contributed by atoms with E-state index >= 15 is 0 Å². The highest BCUT2D eigenvalue weighted by molar-refractivity contribution is 5.93. The molecule has 0 saturated heterocycles. The molecule has 6 nitrogen and oxygen atoms in total. The molecule has 120 valence electrons. The second-order valence-electron chi connectivity index (χ2n) is 5.44. The lowest BCUT2D eigenvalue weighted by molar-refractivity contribution is -0.151. The normalized spacial score (nSPS) is 11.7. The first-order valence-electron chi connectivity index (χ1n) is 7.10. The van der Waals surface area contributed by atoms with E-state index in [9.17, 15) is 14.4 Å². The highest BCUT2D eigenvalue weighted by Crippen LogP contribution is 2.09. The Hall–Kier alpha value is -2.37. The minimum absolute atomic E-state index is 0.128. The SMILES string of the molecule is CC(=O)NC(C(=O)OCC(=O)Nc1ccc(C)cc1)C(C)C. The zero-order chi connectivity index (χ0) is 16.7. The van der Waals surface area contributed by atoms with Gasteiger partial charge in [0.15, 0.2) is 6.61 Å². The van der Waals surface area contributed by atoms with Crippen LogP contribution in [0.25, 0.3) is 0 Å². The van der Waals surface area contributed by atoms with Crippen molar-refractivity contribution in [3.63, 3.8) is 0 Å². The van der Waals surface area contributed by atoms with E-state index in [1.54, 1.807) is 26.0 Å². The van der Waals surface area contributed by atoms with Gasteiger partial charge in [-0.2, -0.15) is 0 Å². The molecule has 0 spiro atoms. The molecule has 6 heteroatoms. The first-order valence-corrected chi connectivity index (χ1v) is 7.10. The molecule has 0 heterocycles. The summed E-state index contributed by atoms with van der Waals surface area (Å²) < 4.78 is 4.96. The zero-order valence-corrected chi connectivity index (χ0v) is 13.3. The van der Waals surface area contributed by atoms with Crippen molar-refractivity contribution < 1.29 is 19.1 Å². The molecule has 0 aliphatic heterocycles. The number of rotatable bonds is 6. The molecule has 1 aromatic carbocycles. The fourth-order valence-electron chi connectivity index (χ4n) is 1.78. The summed E-state index contributed by atoms with van der Waals surface area (Å²) in [5.41, 5.74) is 1.72. The number of ether oxygens (including phenoxy) is 1. The third kappa shape index (κ3) is 5.95. The number of carbonyl (C=O) groups excluding carboxylic acids is 3. The van der Waals surface area contributed by atoms with Gasteiger partial charge in [-0.1, -0.05) is 31.5 Å². The van der Waals surface area contributed by atoms with Crippen LogP contribution in [-0.2, 0) is 19.1 Å². The summed E-state index contributed by atoms with van der Waals surface area (Å²) in [5, 5.41) is 5.14. The van der Waals surface area contributed by atoms with Gasteiger partial charge in [-0.25, -0.2) is 4.79 Å². The quantitative estimate of drug-likeness (QED) is 0.782. The predicted molar refractivity (Wildman–Crippen MR) is 83.2 cm³/mol. The monoisotopic (exact) mass is 306 g/mol. The number of carbonyl (C=O) groups is 3. The van der Waals surface area contributed by atoms with Gasteiger partial charge in [0.05, 0.1) is 0 Å². The minimum atomic E-state index is -0.760. The fourth-order valence-corrected chi connectivity index (χ4v) is 1.78. The van der Waals surface area contributed by atoms with Crippen LogP contribution in [0.5, 0.6) is 0 Å². The smallest absolute Gasteiger partial charge is 0.329 e. The molecule has 2 amide bonds. The van der Waals surface area contributed by atoms with Crippen molar-refractivity contribution in [3.05, 3.63) is 29.8 Å². The number of anilines is 1. The van der Waals surface area contributed by atoms with E-state index in [0.29, 0.717) is 5.69 Å². The van der Waals surface area contributed by atoms with Crippen molar-refractivity contribution in [1.29, 1.82) is 0 Å². The van der Waals surface area contributed by atoms with Crippen LogP contribution in [0.4, 0.5) is 5.69 Å². The number of aryl methyl sites for hydroxylation is 1. The molecule has 0 fully saturated rings. The lowest BCUT2D eigenvalue weighted by atomic mass is 10.0. The van der Waals surface area contributed by atoms with Crippen LogP contribution < -0.4 is 10.6 Å². The first-order chi connectivity index (χ1) is 10.3. The molecule has 0 radical (unpaired) electrons. The summed E-state index contributed by atoms with van der Waals surface area (Å²) in [7, 11) is 0. The summed E-state index contributed by atoms with van der Waals surface area (Å²) in [6.45, 7) is 6.45. The third-order valence-electron chi connectivity index (χ3n) is 2.96. The molecule has 1 aromatic rings. The Balaban J connectivity index is 2.49. The number of hydrogen-bond donors (Lipinski definition) is 2. The summed E-state index contributed by atoms with van der Waals surface area (Å²) >= 11 is 0. The lowest BCUT2D eigenvalue weighted by Crippen LogP contribution is -2.45. The number of hydrogen-bond acceptors (Lipinski definition) is 4. The van der Waals surface area contributed by atoms with Gasteiger partial charge in [-0.15, -0.1) is 0 Å². The second kappa shape index (κ2) is 8.17. The molecular formula is C16H22N2O4. The number of nitrogens with one attached hydrogen (secondary N) is 2. The van der Waals surface area contributed by atoms with Crippen LogP contribution >= 0.6 is 0 Å². The van der Waals surface area contributed by atoms with E-state index in [-0.39, 0.29) is 11.8 Å². The Morgan fingerprint density at radius 2 is 1.73 bits per heavy atom. The molecule has 1 atom stereocenters. The van der Waals surface area contributed by atoms with Crippen molar-refractivity contribution >= 4 is 23.5 Å². The Kier molecular flexibility index (Phi) is 6.56. The largest absolute Gasteiger partial charge is 0.454 e. The van der Waals surface area contributed by atoms with E-state index in [0.717, 1.165) is 5.56 Å². The predicted octanol–water partition coefficient (Wildman–Crippen LogP) is 1.64. The van der Waals surface area contributed by atoms with E-state index < -0.39 is 24.5 Å². The van der Waals surface area contributed by atoms with Gasteiger partial charge in [0, 0.05) is 12.6 Å². The second-order valence-corrected chi connectivity index (χ2v) is 5.44. The Morgan fingerprint density at radius 3 is 2.23 bits per heavy atom. The average molecular weight is 306 g/mol. The van der Waals surface area contributed by atoms with Crippen LogP contribution in [0.2, 0.25) is 0 Å². The van der Waals surface area contributed by atoms with Gasteiger partial charge < -0.3 is 15.4 Å². The Morgan fingerprint density at radius 1 is 1.14 bits per heavy atom.